The Labute approximate surface area is 122 Å². The summed E-state index contributed by atoms with van der Waals surface area (Å²) in [6.45, 7) is -0.711. The summed E-state index contributed by atoms with van der Waals surface area (Å²) in [6.07, 6.45) is -2.13. The summed E-state index contributed by atoms with van der Waals surface area (Å²) < 4.78 is 28.3. The molecule has 4 nitrogen and oxygen atoms in total. The van der Waals surface area contributed by atoms with Crippen LogP contribution in [0.1, 0.15) is 18.4 Å². The van der Waals surface area contributed by atoms with E-state index in [4.69, 9.17) is 5.11 Å². The first-order valence-electron chi connectivity index (χ1n) is 6.47. The van der Waals surface area contributed by atoms with E-state index in [-0.39, 0.29) is 25.5 Å². The molecule has 0 aromatic heterocycles. The molecule has 1 rings (SSSR count). The van der Waals surface area contributed by atoms with E-state index in [1.807, 2.05) is 0 Å². The van der Waals surface area contributed by atoms with Gasteiger partial charge in [-0.3, -0.25) is 4.79 Å². The molecule has 0 aliphatic heterocycles. The van der Waals surface area contributed by atoms with Crippen molar-refractivity contribution in [2.24, 2.45) is 0 Å². The standard InChI is InChI=1S/C15H17F2NO3/c16-14(17)11-21-9-7-15(20)18-13-6-3-5-12(10-13)4-1-2-8-19/h3,5-6,10,14,19H,2,7-9,11H2,(H,18,20). The summed E-state index contributed by atoms with van der Waals surface area (Å²) in [4.78, 5) is 11.6. The van der Waals surface area contributed by atoms with Crippen LogP contribution in [0.3, 0.4) is 0 Å². The molecule has 114 valence electrons. The van der Waals surface area contributed by atoms with Gasteiger partial charge in [0.15, 0.2) is 0 Å². The minimum atomic E-state index is -2.53. The zero-order valence-electron chi connectivity index (χ0n) is 11.4. The lowest BCUT2D eigenvalue weighted by molar-refractivity contribution is -0.117. The third-order valence-corrected chi connectivity index (χ3v) is 2.33. The molecule has 0 aliphatic carbocycles. The minimum absolute atomic E-state index is 0.00203. The number of aliphatic hydroxyl groups is 1. The molecule has 6 heteroatoms. The number of aliphatic hydroxyl groups excluding tert-OH is 1. The fourth-order valence-electron chi connectivity index (χ4n) is 1.46. The second-order valence-electron chi connectivity index (χ2n) is 4.12. The third kappa shape index (κ3) is 8.02. The molecule has 0 atom stereocenters. The van der Waals surface area contributed by atoms with Gasteiger partial charge >= 0.3 is 0 Å². The number of rotatable bonds is 7. The number of hydrogen-bond donors (Lipinski definition) is 2. The second-order valence-corrected chi connectivity index (χ2v) is 4.12. The van der Waals surface area contributed by atoms with Crippen molar-refractivity contribution in [1.29, 1.82) is 0 Å². The first-order chi connectivity index (χ1) is 10.1. The molecule has 0 saturated heterocycles. The minimum Gasteiger partial charge on any atom is -0.395 e. The number of alkyl halides is 2. The molecule has 0 heterocycles. The van der Waals surface area contributed by atoms with Crippen LogP contribution in [0.2, 0.25) is 0 Å². The number of benzene rings is 1. The lowest BCUT2D eigenvalue weighted by Crippen LogP contribution is -2.15. The highest BCUT2D eigenvalue weighted by Gasteiger charge is 2.05. The summed E-state index contributed by atoms with van der Waals surface area (Å²) in [5.74, 6) is 5.32. The molecule has 1 aromatic carbocycles. The summed E-state index contributed by atoms with van der Waals surface area (Å²) >= 11 is 0. The van der Waals surface area contributed by atoms with E-state index in [0.717, 1.165) is 5.56 Å². The van der Waals surface area contributed by atoms with Crippen LogP contribution < -0.4 is 5.32 Å². The normalized spacial score (nSPS) is 10.1. The van der Waals surface area contributed by atoms with Crippen molar-refractivity contribution in [3.8, 4) is 11.8 Å². The fraction of sp³-hybridized carbons (Fsp3) is 0.400. The molecule has 0 bridgehead atoms. The molecule has 0 radical (unpaired) electrons. The number of carbonyl (C=O) groups excluding carboxylic acids is 1. The predicted octanol–water partition coefficient (Wildman–Crippen LogP) is 2.03. The van der Waals surface area contributed by atoms with Crippen LogP contribution in [0.25, 0.3) is 0 Å². The smallest absolute Gasteiger partial charge is 0.261 e. The van der Waals surface area contributed by atoms with Gasteiger partial charge in [0, 0.05) is 17.7 Å². The number of nitrogens with one attached hydrogen (secondary N) is 1. The van der Waals surface area contributed by atoms with E-state index in [9.17, 15) is 13.6 Å². The highest BCUT2D eigenvalue weighted by molar-refractivity contribution is 5.90. The quantitative estimate of drug-likeness (QED) is 0.598. The second kappa shape index (κ2) is 9.86. The van der Waals surface area contributed by atoms with Gasteiger partial charge in [-0.05, 0) is 18.2 Å². The molecule has 0 unspecified atom stereocenters. The van der Waals surface area contributed by atoms with Crippen molar-refractivity contribution >= 4 is 11.6 Å². The van der Waals surface area contributed by atoms with Crippen LogP contribution in [-0.2, 0) is 9.53 Å². The Morgan fingerprint density at radius 1 is 1.43 bits per heavy atom. The van der Waals surface area contributed by atoms with Crippen LogP contribution >= 0.6 is 0 Å². The number of halogens is 2. The van der Waals surface area contributed by atoms with E-state index in [2.05, 4.69) is 21.9 Å². The predicted molar refractivity (Wildman–Crippen MR) is 75.1 cm³/mol. The molecular formula is C15H17F2NO3. The maximum Gasteiger partial charge on any atom is 0.261 e. The largest absolute Gasteiger partial charge is 0.395 e. The number of amides is 1. The Morgan fingerprint density at radius 3 is 2.95 bits per heavy atom. The third-order valence-electron chi connectivity index (χ3n) is 2.33. The summed E-state index contributed by atoms with van der Waals surface area (Å²) in [5.41, 5.74) is 1.29. The van der Waals surface area contributed by atoms with Crippen LogP contribution in [0.4, 0.5) is 14.5 Å². The van der Waals surface area contributed by atoms with Gasteiger partial charge < -0.3 is 15.2 Å². The monoisotopic (exact) mass is 297 g/mol. The Kier molecular flexibility index (Phi) is 8.02. The summed E-state index contributed by atoms with van der Waals surface area (Å²) in [7, 11) is 0. The van der Waals surface area contributed by atoms with E-state index in [0.29, 0.717) is 12.1 Å². The van der Waals surface area contributed by atoms with Gasteiger partial charge in [-0.1, -0.05) is 17.9 Å². The molecule has 21 heavy (non-hydrogen) atoms. The van der Waals surface area contributed by atoms with Gasteiger partial charge in [0.25, 0.3) is 6.43 Å². The highest BCUT2D eigenvalue weighted by atomic mass is 19.3. The molecular weight excluding hydrogens is 280 g/mol. The lowest BCUT2D eigenvalue weighted by atomic mass is 10.2. The molecule has 0 saturated carbocycles. The van der Waals surface area contributed by atoms with Crippen LogP contribution in [0.5, 0.6) is 0 Å². The first kappa shape index (κ1) is 17.1. The van der Waals surface area contributed by atoms with Crippen molar-refractivity contribution < 1.29 is 23.4 Å². The molecule has 0 aliphatic rings. The summed E-state index contributed by atoms with van der Waals surface area (Å²) in [5, 5.41) is 11.3. The van der Waals surface area contributed by atoms with Crippen LogP contribution in [-0.4, -0.2) is 37.3 Å². The van der Waals surface area contributed by atoms with Gasteiger partial charge in [-0.2, -0.15) is 0 Å². The number of anilines is 1. The molecule has 0 spiro atoms. The fourth-order valence-corrected chi connectivity index (χ4v) is 1.46. The van der Waals surface area contributed by atoms with Crippen LogP contribution in [0.15, 0.2) is 24.3 Å². The van der Waals surface area contributed by atoms with Gasteiger partial charge in [0.05, 0.1) is 19.6 Å². The van der Waals surface area contributed by atoms with E-state index in [1.54, 1.807) is 24.3 Å². The molecule has 1 aromatic rings. The van der Waals surface area contributed by atoms with Gasteiger partial charge in [-0.15, -0.1) is 0 Å². The average Bonchev–Trinajstić information content (AvgIpc) is 2.44. The topological polar surface area (TPSA) is 58.6 Å². The first-order valence-corrected chi connectivity index (χ1v) is 6.47. The van der Waals surface area contributed by atoms with Crippen molar-refractivity contribution in [2.45, 2.75) is 19.3 Å². The van der Waals surface area contributed by atoms with E-state index in [1.165, 1.54) is 0 Å². The Bertz CT molecular complexity index is 509. The van der Waals surface area contributed by atoms with Crippen molar-refractivity contribution in [3.05, 3.63) is 29.8 Å². The van der Waals surface area contributed by atoms with Crippen LogP contribution in [0, 0.1) is 11.8 Å². The average molecular weight is 297 g/mol. The molecule has 0 fully saturated rings. The maximum absolute atomic E-state index is 11.8. The van der Waals surface area contributed by atoms with Gasteiger partial charge in [0.2, 0.25) is 5.91 Å². The highest BCUT2D eigenvalue weighted by Crippen LogP contribution is 2.10. The van der Waals surface area contributed by atoms with E-state index < -0.39 is 13.0 Å². The maximum atomic E-state index is 11.8. The molecule has 2 N–H and O–H groups in total. The lowest BCUT2D eigenvalue weighted by Gasteiger charge is -2.06. The Balaban J connectivity index is 2.42. The Hall–Kier alpha value is -1.97. The Morgan fingerprint density at radius 2 is 2.24 bits per heavy atom. The van der Waals surface area contributed by atoms with Gasteiger partial charge in [0.1, 0.15) is 6.61 Å². The SMILES string of the molecule is O=C(CCOCC(F)F)Nc1cccc(C#CCCO)c1. The van der Waals surface area contributed by atoms with Crippen molar-refractivity contribution in [3.63, 3.8) is 0 Å². The zero-order chi connectivity index (χ0) is 15.5. The number of hydrogen-bond acceptors (Lipinski definition) is 3. The summed E-state index contributed by atoms with van der Waals surface area (Å²) in [6, 6.07) is 6.93. The molecule has 1 amide bonds. The van der Waals surface area contributed by atoms with E-state index >= 15 is 0 Å². The number of ether oxygens (including phenoxy) is 1. The number of carbonyl (C=O) groups is 1. The van der Waals surface area contributed by atoms with Crippen molar-refractivity contribution in [2.75, 3.05) is 25.1 Å². The zero-order valence-corrected chi connectivity index (χ0v) is 11.4. The van der Waals surface area contributed by atoms with Gasteiger partial charge in [-0.25, -0.2) is 8.78 Å². The van der Waals surface area contributed by atoms with Crippen molar-refractivity contribution in [1.82, 2.24) is 0 Å².